The minimum Gasteiger partial charge on any atom is -0.312 e. The molecule has 1 N–H and O–H groups in total. The largest absolute Gasteiger partial charge is 0.312 e. The molecule has 2 rings (SSSR count). The van der Waals surface area contributed by atoms with Gasteiger partial charge in [0.15, 0.2) is 0 Å². The zero-order chi connectivity index (χ0) is 13.0. The maximum Gasteiger partial charge on any atom is 0.0872 e. The fraction of sp³-hybridized carbons (Fsp3) is 0.400. The molecule has 0 spiro atoms. The van der Waals surface area contributed by atoms with E-state index in [2.05, 4.69) is 41.3 Å². The number of hydrogen-bond acceptors (Lipinski definition) is 2. The summed E-state index contributed by atoms with van der Waals surface area (Å²) in [6.07, 6.45) is 5.26. The van der Waals surface area contributed by atoms with Gasteiger partial charge in [-0.2, -0.15) is 5.10 Å². The van der Waals surface area contributed by atoms with Crippen molar-refractivity contribution in [3.05, 3.63) is 42.6 Å². The second kappa shape index (κ2) is 5.83. The van der Waals surface area contributed by atoms with Gasteiger partial charge in [0.05, 0.1) is 17.3 Å². The molecule has 1 aromatic heterocycles. The summed E-state index contributed by atoms with van der Waals surface area (Å²) in [5, 5.41) is 9.29. The van der Waals surface area contributed by atoms with Crippen molar-refractivity contribution in [1.82, 2.24) is 15.1 Å². The molecule has 3 heteroatoms. The highest BCUT2D eigenvalue weighted by atomic mass is 15.3. The molecule has 0 aliphatic heterocycles. The number of rotatable bonds is 6. The van der Waals surface area contributed by atoms with Crippen molar-refractivity contribution >= 4 is 10.9 Å². The van der Waals surface area contributed by atoms with Crippen LogP contribution in [0.3, 0.4) is 0 Å². The quantitative estimate of drug-likeness (QED) is 0.624. The maximum atomic E-state index is 4.67. The van der Waals surface area contributed by atoms with E-state index in [9.17, 15) is 0 Å². The molecule has 1 unspecified atom stereocenters. The van der Waals surface area contributed by atoms with Crippen LogP contribution in [0.5, 0.6) is 0 Å². The maximum absolute atomic E-state index is 4.67. The summed E-state index contributed by atoms with van der Waals surface area (Å²) in [6, 6.07) is 8.71. The molecule has 0 saturated heterocycles. The Morgan fingerprint density at radius 1 is 1.44 bits per heavy atom. The number of fused-ring (bicyclic) bond motifs is 1. The number of para-hydroxylation sites is 1. The molecule has 0 aliphatic rings. The van der Waals surface area contributed by atoms with Gasteiger partial charge in [0.25, 0.3) is 0 Å². The van der Waals surface area contributed by atoms with Crippen LogP contribution in [0.1, 0.15) is 31.0 Å². The first-order valence-corrected chi connectivity index (χ1v) is 6.47. The molecule has 0 bridgehead atoms. The molecule has 0 amide bonds. The summed E-state index contributed by atoms with van der Waals surface area (Å²) in [5.41, 5.74) is 2.34. The van der Waals surface area contributed by atoms with Gasteiger partial charge in [-0.05, 0) is 32.4 Å². The predicted molar refractivity (Wildman–Crippen MR) is 76.6 cm³/mol. The van der Waals surface area contributed by atoms with Crippen LogP contribution in [0, 0.1) is 0 Å². The number of hydrogen-bond donors (Lipinski definition) is 1. The van der Waals surface area contributed by atoms with Crippen LogP contribution in [-0.2, 0) is 7.05 Å². The van der Waals surface area contributed by atoms with Gasteiger partial charge in [-0.25, -0.2) is 0 Å². The molecule has 2 aromatic rings. The van der Waals surface area contributed by atoms with Crippen LogP contribution in [0.2, 0.25) is 0 Å². The van der Waals surface area contributed by atoms with E-state index < -0.39 is 0 Å². The van der Waals surface area contributed by atoms with E-state index >= 15 is 0 Å². The molecule has 96 valence electrons. The van der Waals surface area contributed by atoms with Gasteiger partial charge in [0.2, 0.25) is 0 Å². The first-order chi connectivity index (χ1) is 8.77. The average Bonchev–Trinajstić information content (AvgIpc) is 2.73. The Labute approximate surface area is 109 Å². The lowest BCUT2D eigenvalue weighted by Gasteiger charge is -2.13. The van der Waals surface area contributed by atoms with E-state index in [0.717, 1.165) is 25.0 Å². The highest BCUT2D eigenvalue weighted by Crippen LogP contribution is 2.26. The van der Waals surface area contributed by atoms with E-state index in [1.54, 1.807) is 0 Å². The summed E-state index contributed by atoms with van der Waals surface area (Å²) < 4.78 is 1.96. The molecule has 0 radical (unpaired) electrons. The lowest BCUT2D eigenvalue weighted by atomic mass is 10.0. The van der Waals surface area contributed by atoms with E-state index in [0.29, 0.717) is 6.04 Å². The Morgan fingerprint density at radius 2 is 2.22 bits per heavy atom. The summed E-state index contributed by atoms with van der Waals surface area (Å²) in [4.78, 5) is 0. The lowest BCUT2D eigenvalue weighted by Crippen LogP contribution is -2.17. The summed E-state index contributed by atoms with van der Waals surface area (Å²) >= 11 is 0. The summed E-state index contributed by atoms with van der Waals surface area (Å²) in [5.74, 6) is 0. The van der Waals surface area contributed by atoms with Crippen LogP contribution in [-0.4, -0.2) is 16.8 Å². The van der Waals surface area contributed by atoms with Crippen molar-refractivity contribution in [3.63, 3.8) is 0 Å². The van der Waals surface area contributed by atoms with Crippen LogP contribution < -0.4 is 5.32 Å². The highest BCUT2D eigenvalue weighted by Gasteiger charge is 2.16. The standard InChI is InChI=1S/C15H21N3/c1-4-5-6-10-13(16-2)15-12-9-7-8-11-14(12)18(3)17-15/h4,7-9,11,13,16H,1,5-6,10H2,2-3H3. The fourth-order valence-electron chi connectivity index (χ4n) is 2.38. The summed E-state index contributed by atoms with van der Waals surface area (Å²) in [6.45, 7) is 3.77. The molecular weight excluding hydrogens is 222 g/mol. The molecule has 0 saturated carbocycles. The van der Waals surface area contributed by atoms with E-state index in [-0.39, 0.29) is 0 Å². The van der Waals surface area contributed by atoms with E-state index in [1.807, 2.05) is 24.9 Å². The zero-order valence-electron chi connectivity index (χ0n) is 11.2. The molecule has 1 heterocycles. The topological polar surface area (TPSA) is 29.9 Å². The predicted octanol–water partition coefficient (Wildman–Crippen LogP) is 3.19. The number of aryl methyl sites for hydroxylation is 1. The number of nitrogens with one attached hydrogen (secondary N) is 1. The zero-order valence-corrected chi connectivity index (χ0v) is 11.2. The molecule has 0 aliphatic carbocycles. The molecule has 0 fully saturated rings. The molecule has 18 heavy (non-hydrogen) atoms. The number of benzene rings is 1. The molecule has 1 atom stereocenters. The van der Waals surface area contributed by atoms with E-state index in [1.165, 1.54) is 10.9 Å². The average molecular weight is 243 g/mol. The second-order valence-corrected chi connectivity index (χ2v) is 4.59. The third-order valence-electron chi connectivity index (χ3n) is 3.37. The normalized spacial score (nSPS) is 12.8. The Balaban J connectivity index is 2.30. The van der Waals surface area contributed by atoms with Crippen molar-refractivity contribution < 1.29 is 0 Å². The first kappa shape index (κ1) is 12.8. The number of nitrogens with zero attached hydrogens (tertiary/aromatic N) is 2. The Morgan fingerprint density at radius 3 is 2.94 bits per heavy atom. The van der Waals surface area contributed by atoms with Gasteiger partial charge in [-0.1, -0.05) is 24.3 Å². The van der Waals surface area contributed by atoms with Gasteiger partial charge in [0.1, 0.15) is 0 Å². The van der Waals surface area contributed by atoms with Crippen molar-refractivity contribution in [3.8, 4) is 0 Å². The van der Waals surface area contributed by atoms with Crippen molar-refractivity contribution in [1.29, 1.82) is 0 Å². The minimum atomic E-state index is 0.316. The smallest absolute Gasteiger partial charge is 0.0872 e. The Bertz CT molecular complexity index is 528. The van der Waals surface area contributed by atoms with Gasteiger partial charge in [-0.3, -0.25) is 4.68 Å². The van der Waals surface area contributed by atoms with Gasteiger partial charge in [0, 0.05) is 12.4 Å². The second-order valence-electron chi connectivity index (χ2n) is 4.59. The SMILES string of the molecule is C=CCCCC(NC)c1nn(C)c2ccccc12. The van der Waals surface area contributed by atoms with Crippen molar-refractivity contribution in [2.45, 2.75) is 25.3 Å². The number of allylic oxidation sites excluding steroid dienone is 1. The molecule has 3 nitrogen and oxygen atoms in total. The van der Waals surface area contributed by atoms with Crippen LogP contribution in [0.4, 0.5) is 0 Å². The fourth-order valence-corrected chi connectivity index (χ4v) is 2.38. The summed E-state index contributed by atoms with van der Waals surface area (Å²) in [7, 11) is 4.00. The third-order valence-corrected chi connectivity index (χ3v) is 3.37. The van der Waals surface area contributed by atoms with E-state index in [4.69, 9.17) is 0 Å². The molecule has 1 aromatic carbocycles. The van der Waals surface area contributed by atoms with Crippen molar-refractivity contribution in [2.24, 2.45) is 7.05 Å². The Hall–Kier alpha value is -1.61. The van der Waals surface area contributed by atoms with Crippen molar-refractivity contribution in [2.75, 3.05) is 7.05 Å². The Kier molecular flexibility index (Phi) is 4.15. The lowest BCUT2D eigenvalue weighted by molar-refractivity contribution is 0.513. The van der Waals surface area contributed by atoms with Crippen LogP contribution >= 0.6 is 0 Å². The van der Waals surface area contributed by atoms with Gasteiger partial charge < -0.3 is 5.32 Å². The van der Waals surface area contributed by atoms with Gasteiger partial charge in [-0.15, -0.1) is 6.58 Å². The molecular formula is C15H21N3. The number of unbranched alkanes of at least 4 members (excludes halogenated alkanes) is 1. The monoisotopic (exact) mass is 243 g/mol. The van der Waals surface area contributed by atoms with Crippen LogP contribution in [0.15, 0.2) is 36.9 Å². The third kappa shape index (κ3) is 2.46. The first-order valence-electron chi connectivity index (χ1n) is 6.47. The van der Waals surface area contributed by atoms with Crippen LogP contribution in [0.25, 0.3) is 10.9 Å². The minimum absolute atomic E-state index is 0.316. The van der Waals surface area contributed by atoms with Gasteiger partial charge >= 0.3 is 0 Å². The highest BCUT2D eigenvalue weighted by molar-refractivity contribution is 5.82. The number of aromatic nitrogens is 2.